The molecule has 6 nitrogen and oxygen atoms in total. The third kappa shape index (κ3) is 4.45. The number of rotatable bonds is 6. The second kappa shape index (κ2) is 7.19. The fourth-order valence-corrected chi connectivity index (χ4v) is 2.39. The number of nitrogens with one attached hydrogen (secondary N) is 2. The molecule has 6 heteroatoms. The summed E-state index contributed by atoms with van der Waals surface area (Å²) in [6, 6.07) is 0.269. The van der Waals surface area contributed by atoms with Gasteiger partial charge in [0, 0.05) is 39.1 Å². The van der Waals surface area contributed by atoms with E-state index in [2.05, 4.69) is 32.4 Å². The molecule has 0 radical (unpaired) electrons. The van der Waals surface area contributed by atoms with Gasteiger partial charge in [-0.3, -0.25) is 14.7 Å². The molecule has 1 amide bonds. The first-order valence-electron chi connectivity index (χ1n) is 7.21. The maximum Gasteiger partial charge on any atom is 0.217 e. The first-order chi connectivity index (χ1) is 9.67. The summed E-state index contributed by atoms with van der Waals surface area (Å²) in [6.45, 7) is 7.26. The number of hydrogen-bond donors (Lipinski definition) is 2. The van der Waals surface area contributed by atoms with Gasteiger partial charge in [0.25, 0.3) is 0 Å². The highest BCUT2D eigenvalue weighted by Crippen LogP contribution is 2.12. The molecule has 2 N–H and O–H groups in total. The van der Waals surface area contributed by atoms with Crippen LogP contribution < -0.4 is 10.6 Å². The number of amides is 1. The maximum atomic E-state index is 11.0. The molecule has 0 aromatic carbocycles. The second-order valence-electron chi connectivity index (χ2n) is 5.24. The van der Waals surface area contributed by atoms with E-state index in [0.29, 0.717) is 0 Å². The van der Waals surface area contributed by atoms with Crippen LogP contribution in [0.3, 0.4) is 0 Å². The smallest absolute Gasteiger partial charge is 0.217 e. The average molecular weight is 277 g/mol. The molecule has 1 aliphatic rings. The Balaban J connectivity index is 1.80. The summed E-state index contributed by atoms with van der Waals surface area (Å²) in [5, 5.41) is 6.17. The Morgan fingerprint density at radius 3 is 2.95 bits per heavy atom. The van der Waals surface area contributed by atoms with E-state index in [-0.39, 0.29) is 11.9 Å². The number of anilines is 1. The summed E-state index contributed by atoms with van der Waals surface area (Å²) in [5.74, 6) is 0.871. The zero-order valence-corrected chi connectivity index (χ0v) is 12.2. The Hall–Kier alpha value is -1.69. The number of carbonyl (C=O) groups excluding carboxylic acids is 1. The van der Waals surface area contributed by atoms with Gasteiger partial charge in [0.15, 0.2) is 0 Å². The molecule has 20 heavy (non-hydrogen) atoms. The van der Waals surface area contributed by atoms with Gasteiger partial charge >= 0.3 is 0 Å². The minimum atomic E-state index is 0.0444. The van der Waals surface area contributed by atoms with Crippen molar-refractivity contribution in [1.29, 1.82) is 0 Å². The Bertz CT molecular complexity index is 434. The lowest BCUT2D eigenvalue weighted by molar-refractivity contribution is -0.119. The molecular weight excluding hydrogens is 254 g/mol. The van der Waals surface area contributed by atoms with Crippen molar-refractivity contribution in [3.8, 4) is 0 Å². The van der Waals surface area contributed by atoms with E-state index in [1.807, 2.05) is 6.20 Å². The lowest BCUT2D eigenvalue weighted by atomic mass is 10.2. The predicted molar refractivity (Wildman–Crippen MR) is 78.3 cm³/mol. The van der Waals surface area contributed by atoms with Crippen molar-refractivity contribution >= 4 is 11.7 Å². The van der Waals surface area contributed by atoms with Crippen LogP contribution in [0.4, 0.5) is 5.82 Å². The van der Waals surface area contributed by atoms with Crippen LogP contribution >= 0.6 is 0 Å². The van der Waals surface area contributed by atoms with E-state index < -0.39 is 0 Å². The molecule has 0 saturated carbocycles. The molecule has 2 heterocycles. The highest BCUT2D eigenvalue weighted by molar-refractivity contribution is 5.73. The van der Waals surface area contributed by atoms with Crippen LogP contribution in [0.1, 0.15) is 32.4 Å². The summed E-state index contributed by atoms with van der Waals surface area (Å²) in [4.78, 5) is 22.1. The molecule has 0 bridgehead atoms. The molecule has 1 aromatic heterocycles. The average Bonchev–Trinajstić information content (AvgIpc) is 2.84. The largest absolute Gasteiger partial charge is 0.369 e. The fourth-order valence-electron chi connectivity index (χ4n) is 2.39. The van der Waals surface area contributed by atoms with Crippen molar-refractivity contribution in [1.82, 2.24) is 20.2 Å². The summed E-state index contributed by atoms with van der Waals surface area (Å²) < 4.78 is 0. The first kappa shape index (κ1) is 14.7. The summed E-state index contributed by atoms with van der Waals surface area (Å²) in [7, 11) is 0. The Morgan fingerprint density at radius 1 is 1.45 bits per heavy atom. The maximum absolute atomic E-state index is 11.0. The van der Waals surface area contributed by atoms with Gasteiger partial charge in [-0.2, -0.15) is 0 Å². The number of hydrogen-bond acceptors (Lipinski definition) is 5. The number of aromatic nitrogens is 2. The minimum absolute atomic E-state index is 0.0444. The molecule has 1 saturated heterocycles. The molecule has 1 aliphatic heterocycles. The summed E-state index contributed by atoms with van der Waals surface area (Å²) in [6.07, 6.45) is 5.68. The van der Waals surface area contributed by atoms with Gasteiger partial charge in [0.2, 0.25) is 5.91 Å². The van der Waals surface area contributed by atoms with Crippen molar-refractivity contribution in [3.63, 3.8) is 0 Å². The second-order valence-corrected chi connectivity index (χ2v) is 5.24. The molecule has 1 atom stereocenters. The lowest BCUT2D eigenvalue weighted by Crippen LogP contribution is -2.35. The first-order valence-corrected chi connectivity index (χ1v) is 7.21. The third-order valence-electron chi connectivity index (χ3n) is 3.33. The van der Waals surface area contributed by atoms with Crippen molar-refractivity contribution in [3.05, 3.63) is 18.1 Å². The summed E-state index contributed by atoms with van der Waals surface area (Å²) >= 11 is 0. The fraction of sp³-hybridized carbons (Fsp3) is 0.643. The van der Waals surface area contributed by atoms with Crippen LogP contribution in [0.25, 0.3) is 0 Å². The molecule has 1 unspecified atom stereocenters. The van der Waals surface area contributed by atoms with Gasteiger partial charge in [-0.25, -0.2) is 4.98 Å². The van der Waals surface area contributed by atoms with Crippen molar-refractivity contribution < 1.29 is 4.79 Å². The Labute approximate surface area is 120 Å². The van der Waals surface area contributed by atoms with Crippen molar-refractivity contribution in [2.75, 3.05) is 25.0 Å². The Kier molecular flexibility index (Phi) is 5.29. The van der Waals surface area contributed by atoms with E-state index in [1.165, 1.54) is 0 Å². The van der Waals surface area contributed by atoms with Gasteiger partial charge in [-0.15, -0.1) is 0 Å². The van der Waals surface area contributed by atoms with Gasteiger partial charge in [-0.1, -0.05) is 6.92 Å². The van der Waals surface area contributed by atoms with E-state index in [0.717, 1.165) is 50.5 Å². The highest BCUT2D eigenvalue weighted by atomic mass is 16.1. The van der Waals surface area contributed by atoms with E-state index >= 15 is 0 Å². The van der Waals surface area contributed by atoms with Crippen molar-refractivity contribution in [2.45, 2.75) is 39.3 Å². The Morgan fingerprint density at radius 2 is 2.30 bits per heavy atom. The zero-order chi connectivity index (χ0) is 14.4. The minimum Gasteiger partial charge on any atom is -0.369 e. The van der Waals surface area contributed by atoms with Gasteiger partial charge in [0.1, 0.15) is 5.82 Å². The van der Waals surface area contributed by atoms with Gasteiger partial charge in [0.05, 0.1) is 18.1 Å². The van der Waals surface area contributed by atoms with Crippen LogP contribution in [-0.4, -0.2) is 46.5 Å². The topological polar surface area (TPSA) is 70.2 Å². The van der Waals surface area contributed by atoms with Gasteiger partial charge in [-0.05, 0) is 12.8 Å². The molecule has 0 aliphatic carbocycles. The standard InChI is InChI=1S/C14H23N5O/c1-3-5-15-14-8-16-13(7-17-14)10-19-6-4-12(9-19)18-11(2)20/h7-8,12H,3-6,9-10H2,1-2H3,(H,15,17)(H,18,20). The van der Waals surface area contributed by atoms with Crippen LogP contribution in [0.2, 0.25) is 0 Å². The zero-order valence-electron chi connectivity index (χ0n) is 12.2. The van der Waals surface area contributed by atoms with Crippen LogP contribution in [-0.2, 0) is 11.3 Å². The number of nitrogens with zero attached hydrogens (tertiary/aromatic N) is 3. The van der Waals surface area contributed by atoms with Crippen molar-refractivity contribution in [2.24, 2.45) is 0 Å². The molecule has 2 rings (SSSR count). The molecule has 0 spiro atoms. The molecule has 1 aromatic rings. The normalized spacial score (nSPS) is 19.0. The van der Waals surface area contributed by atoms with E-state index in [4.69, 9.17) is 0 Å². The molecule has 110 valence electrons. The summed E-state index contributed by atoms with van der Waals surface area (Å²) in [5.41, 5.74) is 0.968. The van der Waals surface area contributed by atoms with E-state index in [1.54, 1.807) is 13.1 Å². The van der Waals surface area contributed by atoms with Crippen LogP contribution in [0.5, 0.6) is 0 Å². The number of likely N-dealkylation sites (tertiary alicyclic amines) is 1. The number of carbonyl (C=O) groups is 1. The predicted octanol–water partition coefficient (Wildman–Crippen LogP) is 1.01. The van der Waals surface area contributed by atoms with Crippen LogP contribution in [0.15, 0.2) is 12.4 Å². The van der Waals surface area contributed by atoms with Gasteiger partial charge < -0.3 is 10.6 Å². The molecular formula is C14H23N5O. The van der Waals surface area contributed by atoms with Crippen LogP contribution in [0, 0.1) is 0 Å². The third-order valence-corrected chi connectivity index (χ3v) is 3.33. The molecule has 1 fully saturated rings. The highest BCUT2D eigenvalue weighted by Gasteiger charge is 2.23. The lowest BCUT2D eigenvalue weighted by Gasteiger charge is -2.15. The quantitative estimate of drug-likeness (QED) is 0.812. The monoisotopic (exact) mass is 277 g/mol. The SMILES string of the molecule is CCCNc1cnc(CN2CCC(NC(C)=O)C2)cn1. The van der Waals surface area contributed by atoms with E-state index in [9.17, 15) is 4.79 Å².